The Hall–Kier alpha value is -0.260. The number of nitrogens with zero attached hydrogens (tertiary/aromatic N) is 1. The summed E-state index contributed by atoms with van der Waals surface area (Å²) in [7, 11) is 0. The van der Waals surface area contributed by atoms with Crippen LogP contribution in [0.5, 0.6) is 0 Å². The molecule has 0 bridgehead atoms. The third-order valence-corrected chi connectivity index (χ3v) is 2.56. The number of anilines is 1. The maximum Gasteiger partial charge on any atom is 0.150 e. The first kappa shape index (κ1) is 12.8. The average Bonchev–Trinajstić information content (AvgIpc) is 2.21. The van der Waals surface area contributed by atoms with Crippen molar-refractivity contribution in [2.24, 2.45) is 0 Å². The molecule has 0 aliphatic carbocycles. The number of nitrogens with one attached hydrogen (secondary N) is 1. The van der Waals surface area contributed by atoms with Crippen molar-refractivity contribution in [3.05, 3.63) is 21.3 Å². The van der Waals surface area contributed by atoms with Crippen LogP contribution in [0.3, 0.4) is 0 Å². The van der Waals surface area contributed by atoms with Crippen molar-refractivity contribution in [2.45, 2.75) is 6.10 Å². The quantitative estimate of drug-likeness (QED) is 0.731. The molecule has 0 fully saturated rings. The minimum Gasteiger partial charge on any atom is -0.394 e. The molecule has 4 nitrogen and oxygen atoms in total. The van der Waals surface area contributed by atoms with E-state index >= 15 is 0 Å². The fraction of sp³-hybridized carbons (Fsp3) is 0.375. The smallest absolute Gasteiger partial charge is 0.150 e. The van der Waals surface area contributed by atoms with E-state index in [2.05, 4.69) is 10.3 Å². The maximum atomic E-state index is 9.09. The summed E-state index contributed by atoms with van der Waals surface area (Å²) in [5, 5.41) is 21.1. The van der Waals surface area contributed by atoms with Crippen molar-refractivity contribution in [1.82, 2.24) is 4.98 Å². The molecule has 1 rings (SSSR count). The monoisotopic (exact) mass is 270 g/mol. The first-order chi connectivity index (χ1) is 7.04. The van der Waals surface area contributed by atoms with E-state index in [1.807, 2.05) is 0 Å². The SMILES string of the molecule is OCC(O)CNc1nc(Cl)c(Cl)cc1Cl. The molecular weight excluding hydrogens is 262 g/mol. The molecule has 0 spiro atoms. The number of aliphatic hydroxyl groups is 2. The van der Waals surface area contributed by atoms with E-state index in [9.17, 15) is 0 Å². The molecule has 0 aliphatic heterocycles. The van der Waals surface area contributed by atoms with E-state index in [-0.39, 0.29) is 23.3 Å². The molecule has 0 amide bonds. The summed E-state index contributed by atoms with van der Waals surface area (Å²) < 4.78 is 0. The first-order valence-corrected chi connectivity index (χ1v) is 5.22. The fourth-order valence-electron chi connectivity index (χ4n) is 0.847. The molecule has 1 unspecified atom stereocenters. The zero-order chi connectivity index (χ0) is 11.4. The van der Waals surface area contributed by atoms with Crippen molar-refractivity contribution in [1.29, 1.82) is 0 Å². The predicted octanol–water partition coefficient (Wildman–Crippen LogP) is 1.81. The highest BCUT2D eigenvalue weighted by molar-refractivity contribution is 6.42. The Labute approximate surface area is 102 Å². The number of halogens is 3. The van der Waals surface area contributed by atoms with E-state index in [0.717, 1.165) is 0 Å². The van der Waals surface area contributed by atoms with E-state index in [1.54, 1.807) is 0 Å². The third kappa shape index (κ3) is 3.66. The van der Waals surface area contributed by atoms with Crippen molar-refractivity contribution in [2.75, 3.05) is 18.5 Å². The lowest BCUT2D eigenvalue weighted by Crippen LogP contribution is -2.23. The molecule has 0 aliphatic rings. The van der Waals surface area contributed by atoms with E-state index in [1.165, 1.54) is 6.07 Å². The molecule has 7 heteroatoms. The van der Waals surface area contributed by atoms with Gasteiger partial charge in [0.2, 0.25) is 0 Å². The van der Waals surface area contributed by atoms with E-state index in [4.69, 9.17) is 45.0 Å². The molecule has 1 atom stereocenters. The van der Waals surface area contributed by atoms with Crippen LogP contribution in [0, 0.1) is 0 Å². The largest absolute Gasteiger partial charge is 0.394 e. The lowest BCUT2D eigenvalue weighted by Gasteiger charge is -2.11. The summed E-state index contributed by atoms with van der Waals surface area (Å²) >= 11 is 17.2. The Kier molecular flexibility index (Phi) is 4.89. The number of hydrogen-bond acceptors (Lipinski definition) is 4. The summed E-state index contributed by atoms with van der Waals surface area (Å²) in [6.07, 6.45) is -0.877. The predicted molar refractivity (Wildman–Crippen MR) is 60.8 cm³/mol. The highest BCUT2D eigenvalue weighted by atomic mass is 35.5. The summed E-state index contributed by atoms with van der Waals surface area (Å²) in [5.41, 5.74) is 0. The summed E-state index contributed by atoms with van der Waals surface area (Å²) in [6.45, 7) is -0.215. The van der Waals surface area contributed by atoms with Crippen LogP contribution < -0.4 is 5.32 Å². The van der Waals surface area contributed by atoms with Crippen LogP contribution in [0.2, 0.25) is 15.2 Å². The topological polar surface area (TPSA) is 65.4 Å². The Morgan fingerprint density at radius 2 is 2.00 bits per heavy atom. The number of hydrogen-bond donors (Lipinski definition) is 3. The van der Waals surface area contributed by atoms with Gasteiger partial charge in [-0.05, 0) is 6.07 Å². The minimum atomic E-state index is -0.877. The van der Waals surface area contributed by atoms with Crippen LogP contribution in [0.15, 0.2) is 6.07 Å². The molecule has 15 heavy (non-hydrogen) atoms. The Morgan fingerprint density at radius 3 is 2.60 bits per heavy atom. The molecule has 3 N–H and O–H groups in total. The number of aliphatic hydroxyl groups excluding tert-OH is 2. The Balaban J connectivity index is 2.73. The molecule has 0 aromatic carbocycles. The molecule has 1 heterocycles. The van der Waals surface area contributed by atoms with Gasteiger partial charge in [0.05, 0.1) is 22.8 Å². The van der Waals surface area contributed by atoms with Crippen LogP contribution in [0.1, 0.15) is 0 Å². The fourth-order valence-corrected chi connectivity index (χ4v) is 1.41. The van der Waals surface area contributed by atoms with E-state index < -0.39 is 6.10 Å². The van der Waals surface area contributed by atoms with Gasteiger partial charge in [-0.15, -0.1) is 0 Å². The first-order valence-electron chi connectivity index (χ1n) is 4.09. The molecular formula is C8H9Cl3N2O2. The van der Waals surface area contributed by atoms with Gasteiger partial charge in [-0.2, -0.15) is 0 Å². The van der Waals surface area contributed by atoms with Crippen LogP contribution >= 0.6 is 34.8 Å². The molecule has 0 radical (unpaired) electrons. The summed E-state index contributed by atoms with van der Waals surface area (Å²) in [5.74, 6) is 0.318. The molecule has 84 valence electrons. The summed E-state index contributed by atoms with van der Waals surface area (Å²) in [4.78, 5) is 3.88. The van der Waals surface area contributed by atoms with Gasteiger partial charge >= 0.3 is 0 Å². The van der Waals surface area contributed by atoms with Gasteiger partial charge < -0.3 is 15.5 Å². The van der Waals surface area contributed by atoms with Gasteiger partial charge in [0.15, 0.2) is 0 Å². The van der Waals surface area contributed by atoms with Gasteiger partial charge in [0.1, 0.15) is 11.0 Å². The number of rotatable bonds is 4. The molecule has 1 aromatic heterocycles. The van der Waals surface area contributed by atoms with Crippen molar-refractivity contribution >= 4 is 40.6 Å². The van der Waals surface area contributed by atoms with Gasteiger partial charge in [-0.25, -0.2) is 4.98 Å². The second-order valence-electron chi connectivity index (χ2n) is 2.81. The Bertz CT molecular complexity index is 349. The normalized spacial score (nSPS) is 12.6. The zero-order valence-corrected chi connectivity index (χ0v) is 9.81. The lowest BCUT2D eigenvalue weighted by atomic mass is 10.3. The van der Waals surface area contributed by atoms with Gasteiger partial charge in [0.25, 0.3) is 0 Å². The highest BCUT2D eigenvalue weighted by Crippen LogP contribution is 2.28. The standard InChI is InChI=1S/C8H9Cl3N2O2/c9-5-1-6(10)8(13-7(5)11)12-2-4(15)3-14/h1,4,14-15H,2-3H2,(H,12,13). The zero-order valence-electron chi connectivity index (χ0n) is 7.54. The van der Waals surface area contributed by atoms with Gasteiger partial charge in [0, 0.05) is 6.54 Å². The molecule has 0 saturated carbocycles. The van der Waals surface area contributed by atoms with Crippen LogP contribution in [0.4, 0.5) is 5.82 Å². The van der Waals surface area contributed by atoms with Gasteiger partial charge in [-0.3, -0.25) is 0 Å². The molecule has 1 aromatic rings. The third-order valence-electron chi connectivity index (χ3n) is 1.60. The van der Waals surface area contributed by atoms with Crippen molar-refractivity contribution in [3.63, 3.8) is 0 Å². The average molecular weight is 272 g/mol. The lowest BCUT2D eigenvalue weighted by molar-refractivity contribution is 0.105. The number of aromatic nitrogens is 1. The Morgan fingerprint density at radius 1 is 1.33 bits per heavy atom. The van der Waals surface area contributed by atoms with Crippen molar-refractivity contribution in [3.8, 4) is 0 Å². The maximum absolute atomic E-state index is 9.09. The minimum absolute atomic E-state index is 0.126. The van der Waals surface area contributed by atoms with Crippen LogP contribution in [-0.4, -0.2) is 34.5 Å². The highest BCUT2D eigenvalue weighted by Gasteiger charge is 2.09. The van der Waals surface area contributed by atoms with Crippen molar-refractivity contribution < 1.29 is 10.2 Å². The second-order valence-corrected chi connectivity index (χ2v) is 3.98. The molecule has 0 saturated heterocycles. The second kappa shape index (κ2) is 5.72. The van der Waals surface area contributed by atoms with Crippen LogP contribution in [-0.2, 0) is 0 Å². The van der Waals surface area contributed by atoms with Crippen LogP contribution in [0.25, 0.3) is 0 Å². The number of pyridine rings is 1. The summed E-state index contributed by atoms with van der Waals surface area (Å²) in [6, 6.07) is 1.45. The van der Waals surface area contributed by atoms with E-state index in [0.29, 0.717) is 10.8 Å². The van der Waals surface area contributed by atoms with Gasteiger partial charge in [-0.1, -0.05) is 34.8 Å².